The Balaban J connectivity index is 2.12. The summed E-state index contributed by atoms with van der Waals surface area (Å²) in [4.78, 5) is 4.33. The molecule has 1 aromatic rings. The molecule has 15 heavy (non-hydrogen) atoms. The Morgan fingerprint density at radius 3 is 3.13 bits per heavy atom. The van der Waals surface area contributed by atoms with Crippen LogP contribution >= 0.6 is 11.8 Å². The van der Waals surface area contributed by atoms with Gasteiger partial charge >= 0.3 is 0 Å². The predicted octanol–water partition coefficient (Wildman–Crippen LogP) is 1.06. The van der Waals surface area contributed by atoms with E-state index in [2.05, 4.69) is 17.0 Å². The molecule has 0 aromatic carbocycles. The molecule has 4 nitrogen and oxygen atoms in total. The average Bonchev–Trinajstić information content (AvgIpc) is 2.88. The van der Waals surface area contributed by atoms with Crippen LogP contribution in [0.15, 0.2) is 6.33 Å². The molecular formula is C10H18N4S. The molecule has 0 bridgehead atoms. The molecule has 1 fully saturated rings. The Labute approximate surface area is 94.6 Å². The van der Waals surface area contributed by atoms with Crippen molar-refractivity contribution in [1.29, 1.82) is 0 Å². The maximum absolute atomic E-state index is 5.90. The van der Waals surface area contributed by atoms with Crippen molar-refractivity contribution in [2.75, 3.05) is 12.3 Å². The van der Waals surface area contributed by atoms with Crippen molar-refractivity contribution in [1.82, 2.24) is 14.8 Å². The van der Waals surface area contributed by atoms with Crippen molar-refractivity contribution in [3.8, 4) is 0 Å². The van der Waals surface area contributed by atoms with Gasteiger partial charge in [0.2, 0.25) is 0 Å². The summed E-state index contributed by atoms with van der Waals surface area (Å²) in [5, 5.41) is 4.20. The minimum absolute atomic E-state index is 0.222. The van der Waals surface area contributed by atoms with E-state index in [1.807, 2.05) is 16.4 Å². The van der Waals surface area contributed by atoms with Gasteiger partial charge in [-0.05, 0) is 25.5 Å². The quantitative estimate of drug-likeness (QED) is 0.834. The van der Waals surface area contributed by atoms with E-state index in [1.165, 1.54) is 18.6 Å². The van der Waals surface area contributed by atoms with E-state index in [1.54, 1.807) is 6.33 Å². The lowest BCUT2D eigenvalue weighted by atomic mass is 9.99. The third-order valence-electron chi connectivity index (χ3n) is 3.03. The number of nitrogens with zero attached hydrogens (tertiary/aromatic N) is 3. The van der Waals surface area contributed by atoms with Gasteiger partial charge in [0.25, 0.3) is 0 Å². The fourth-order valence-corrected chi connectivity index (χ4v) is 3.46. The van der Waals surface area contributed by atoms with Crippen molar-refractivity contribution in [3.63, 3.8) is 0 Å². The molecular weight excluding hydrogens is 208 g/mol. The second-order valence-electron chi connectivity index (χ2n) is 4.01. The van der Waals surface area contributed by atoms with E-state index in [9.17, 15) is 0 Å². The molecule has 0 aliphatic carbocycles. The highest BCUT2D eigenvalue weighted by atomic mass is 32.2. The Hall–Kier alpha value is -0.550. The number of thioether (sulfide) groups is 1. The van der Waals surface area contributed by atoms with Crippen LogP contribution in [0.3, 0.4) is 0 Å². The number of nitrogens with two attached hydrogens (primary N) is 1. The van der Waals surface area contributed by atoms with Crippen molar-refractivity contribution in [2.45, 2.75) is 37.5 Å². The van der Waals surface area contributed by atoms with Crippen molar-refractivity contribution in [3.05, 3.63) is 12.2 Å². The molecule has 84 valence electrons. The average molecular weight is 226 g/mol. The van der Waals surface area contributed by atoms with Gasteiger partial charge in [-0.15, -0.1) is 0 Å². The second kappa shape index (κ2) is 4.53. The molecule has 0 spiro atoms. The Morgan fingerprint density at radius 1 is 1.67 bits per heavy atom. The first-order chi connectivity index (χ1) is 7.29. The van der Waals surface area contributed by atoms with Gasteiger partial charge in [0.1, 0.15) is 12.2 Å². The lowest BCUT2D eigenvalue weighted by Crippen LogP contribution is -2.35. The monoisotopic (exact) mass is 226 g/mol. The minimum atomic E-state index is 0.222. The van der Waals surface area contributed by atoms with Gasteiger partial charge in [0, 0.05) is 24.3 Å². The molecule has 1 aliphatic heterocycles. The second-order valence-corrected chi connectivity index (χ2v) is 5.57. The zero-order valence-corrected chi connectivity index (χ0v) is 9.96. The number of aromatic nitrogens is 3. The molecule has 1 aliphatic rings. The lowest BCUT2D eigenvalue weighted by Gasteiger charge is -2.25. The van der Waals surface area contributed by atoms with Crippen LogP contribution in [0.4, 0.5) is 0 Å². The third kappa shape index (κ3) is 2.18. The summed E-state index contributed by atoms with van der Waals surface area (Å²) >= 11 is 2.00. The number of rotatable bonds is 4. The van der Waals surface area contributed by atoms with Crippen LogP contribution in [0, 0.1) is 0 Å². The highest BCUT2D eigenvalue weighted by Gasteiger charge is 2.34. The zero-order valence-electron chi connectivity index (χ0n) is 9.15. The van der Waals surface area contributed by atoms with Crippen LogP contribution < -0.4 is 5.73 Å². The molecule has 2 rings (SSSR count). The lowest BCUT2D eigenvalue weighted by molar-refractivity contribution is 0.518. The zero-order chi connectivity index (χ0) is 10.7. The summed E-state index contributed by atoms with van der Waals surface area (Å²) in [6, 6.07) is 0. The number of hydrogen-bond donors (Lipinski definition) is 1. The van der Waals surface area contributed by atoms with E-state index in [0.717, 1.165) is 25.3 Å². The molecule has 1 atom stereocenters. The molecule has 0 amide bonds. The maximum Gasteiger partial charge on any atom is 0.138 e. The highest BCUT2D eigenvalue weighted by Crippen LogP contribution is 2.39. The van der Waals surface area contributed by atoms with Gasteiger partial charge in [-0.1, -0.05) is 0 Å². The topological polar surface area (TPSA) is 56.7 Å². The molecule has 2 heterocycles. The largest absolute Gasteiger partial charge is 0.329 e. The van der Waals surface area contributed by atoms with Gasteiger partial charge in [-0.25, -0.2) is 4.98 Å². The van der Waals surface area contributed by atoms with Gasteiger partial charge < -0.3 is 5.73 Å². The standard InChI is InChI=1S/C10H18N4S/c1-2-14-9(12-8-13-14)6-10(7-11)4-3-5-15-10/h8H,2-7,11H2,1H3. The van der Waals surface area contributed by atoms with Crippen LogP contribution in [-0.2, 0) is 13.0 Å². The van der Waals surface area contributed by atoms with Crippen molar-refractivity contribution >= 4 is 11.8 Å². The van der Waals surface area contributed by atoms with Gasteiger partial charge in [0.05, 0.1) is 0 Å². The molecule has 2 N–H and O–H groups in total. The predicted molar refractivity (Wildman–Crippen MR) is 62.9 cm³/mol. The van der Waals surface area contributed by atoms with E-state index in [0.29, 0.717) is 0 Å². The Bertz CT molecular complexity index is 317. The summed E-state index contributed by atoms with van der Waals surface area (Å²) < 4.78 is 2.19. The first-order valence-electron chi connectivity index (χ1n) is 5.50. The summed E-state index contributed by atoms with van der Waals surface area (Å²) in [5.41, 5.74) is 5.90. The Kier molecular flexibility index (Phi) is 3.31. The fourth-order valence-electron chi connectivity index (χ4n) is 2.11. The Morgan fingerprint density at radius 2 is 2.53 bits per heavy atom. The van der Waals surface area contributed by atoms with Gasteiger partial charge in [-0.3, -0.25) is 4.68 Å². The minimum Gasteiger partial charge on any atom is -0.329 e. The summed E-state index contributed by atoms with van der Waals surface area (Å²) in [5.74, 6) is 2.31. The summed E-state index contributed by atoms with van der Waals surface area (Å²) in [7, 11) is 0. The highest BCUT2D eigenvalue weighted by molar-refractivity contribution is 8.00. The first-order valence-corrected chi connectivity index (χ1v) is 6.49. The van der Waals surface area contributed by atoms with Crippen LogP contribution in [-0.4, -0.2) is 31.8 Å². The maximum atomic E-state index is 5.90. The van der Waals surface area contributed by atoms with Crippen LogP contribution in [0.1, 0.15) is 25.6 Å². The molecule has 1 saturated heterocycles. The molecule has 5 heteroatoms. The van der Waals surface area contributed by atoms with Crippen LogP contribution in [0.2, 0.25) is 0 Å². The fraction of sp³-hybridized carbons (Fsp3) is 0.800. The van der Waals surface area contributed by atoms with Gasteiger partial charge in [-0.2, -0.15) is 16.9 Å². The molecule has 0 radical (unpaired) electrons. The number of hydrogen-bond acceptors (Lipinski definition) is 4. The smallest absolute Gasteiger partial charge is 0.138 e. The SMILES string of the molecule is CCn1ncnc1CC1(CN)CCCS1. The third-order valence-corrected chi connectivity index (χ3v) is 4.65. The van der Waals surface area contributed by atoms with E-state index in [-0.39, 0.29) is 4.75 Å². The van der Waals surface area contributed by atoms with Crippen LogP contribution in [0.25, 0.3) is 0 Å². The van der Waals surface area contributed by atoms with Crippen LogP contribution in [0.5, 0.6) is 0 Å². The molecule has 0 saturated carbocycles. The van der Waals surface area contributed by atoms with Gasteiger partial charge in [0.15, 0.2) is 0 Å². The van der Waals surface area contributed by atoms with Crippen molar-refractivity contribution < 1.29 is 0 Å². The molecule has 1 aromatic heterocycles. The first kappa shape index (κ1) is 11.0. The number of aryl methyl sites for hydroxylation is 1. The van der Waals surface area contributed by atoms with E-state index in [4.69, 9.17) is 5.73 Å². The van der Waals surface area contributed by atoms with E-state index < -0.39 is 0 Å². The van der Waals surface area contributed by atoms with E-state index >= 15 is 0 Å². The van der Waals surface area contributed by atoms with Crippen molar-refractivity contribution in [2.24, 2.45) is 5.73 Å². The molecule has 1 unspecified atom stereocenters. The summed E-state index contributed by atoms with van der Waals surface area (Å²) in [6.45, 7) is 3.73. The normalized spacial score (nSPS) is 26.0. The summed E-state index contributed by atoms with van der Waals surface area (Å²) in [6.07, 6.45) is 5.09.